The van der Waals surface area contributed by atoms with Crippen molar-refractivity contribution in [2.24, 2.45) is 12.9 Å². The number of hydrogen-bond donors (Lipinski definition) is 2. The van der Waals surface area contributed by atoms with Crippen LogP contribution in [0.2, 0.25) is 5.15 Å². The molecule has 0 aliphatic heterocycles. The molecule has 0 fully saturated rings. The Balaban J connectivity index is 2.33. The molecule has 0 bridgehead atoms. The SMILES string of the molecule is Cc1ccc(C(Cc2c(C)nn(C)c2Cl)NN)c(Br)c1. The van der Waals surface area contributed by atoms with Crippen LogP contribution in [-0.4, -0.2) is 9.78 Å². The Morgan fingerprint density at radius 2 is 2.15 bits per heavy atom. The lowest BCUT2D eigenvalue weighted by Gasteiger charge is -2.18. The molecule has 4 nitrogen and oxygen atoms in total. The molecule has 2 aromatic rings. The number of rotatable bonds is 4. The molecule has 3 N–H and O–H groups in total. The summed E-state index contributed by atoms with van der Waals surface area (Å²) >= 11 is 9.88. The number of halogens is 2. The van der Waals surface area contributed by atoms with E-state index in [2.05, 4.69) is 51.6 Å². The smallest absolute Gasteiger partial charge is 0.130 e. The second kappa shape index (κ2) is 6.26. The summed E-state index contributed by atoms with van der Waals surface area (Å²) in [5, 5.41) is 4.99. The van der Waals surface area contributed by atoms with Crippen LogP contribution in [0.4, 0.5) is 0 Å². The lowest BCUT2D eigenvalue weighted by atomic mass is 9.99. The van der Waals surface area contributed by atoms with Gasteiger partial charge in [0.15, 0.2) is 0 Å². The highest BCUT2D eigenvalue weighted by atomic mass is 79.9. The first-order valence-electron chi connectivity index (χ1n) is 6.34. The van der Waals surface area contributed by atoms with Gasteiger partial charge in [0.05, 0.1) is 11.7 Å². The number of aromatic nitrogens is 2. The summed E-state index contributed by atoms with van der Waals surface area (Å²) in [4.78, 5) is 0. The Morgan fingerprint density at radius 3 is 2.65 bits per heavy atom. The minimum Gasteiger partial charge on any atom is -0.271 e. The van der Waals surface area contributed by atoms with E-state index in [-0.39, 0.29) is 6.04 Å². The van der Waals surface area contributed by atoms with Crippen LogP contribution in [0.5, 0.6) is 0 Å². The van der Waals surface area contributed by atoms with Crippen molar-refractivity contribution in [2.45, 2.75) is 26.3 Å². The third-order valence-electron chi connectivity index (χ3n) is 3.41. The van der Waals surface area contributed by atoms with Crippen LogP contribution >= 0.6 is 27.5 Å². The van der Waals surface area contributed by atoms with E-state index in [1.165, 1.54) is 5.56 Å². The first-order valence-corrected chi connectivity index (χ1v) is 7.51. The molecule has 0 aliphatic carbocycles. The second-order valence-electron chi connectivity index (χ2n) is 4.93. The van der Waals surface area contributed by atoms with Gasteiger partial charge in [-0.2, -0.15) is 5.10 Å². The fraction of sp³-hybridized carbons (Fsp3) is 0.357. The zero-order valence-corrected chi connectivity index (χ0v) is 14.1. The van der Waals surface area contributed by atoms with Crippen molar-refractivity contribution in [3.8, 4) is 0 Å². The Bertz CT molecular complexity index is 624. The number of benzene rings is 1. The average Bonchev–Trinajstić information content (AvgIpc) is 2.62. The molecule has 1 aromatic heterocycles. The highest BCUT2D eigenvalue weighted by Crippen LogP contribution is 2.29. The van der Waals surface area contributed by atoms with Gasteiger partial charge in [0.2, 0.25) is 0 Å². The van der Waals surface area contributed by atoms with E-state index in [1.54, 1.807) is 4.68 Å². The van der Waals surface area contributed by atoms with Crippen molar-refractivity contribution in [3.05, 3.63) is 50.2 Å². The van der Waals surface area contributed by atoms with Gasteiger partial charge in [0, 0.05) is 17.1 Å². The third kappa shape index (κ3) is 3.06. The first kappa shape index (κ1) is 15.5. The van der Waals surface area contributed by atoms with Crippen LogP contribution in [0, 0.1) is 13.8 Å². The molecule has 0 saturated heterocycles. The van der Waals surface area contributed by atoms with Gasteiger partial charge in [-0.25, -0.2) is 0 Å². The average molecular weight is 358 g/mol. The number of aryl methyl sites for hydroxylation is 3. The topological polar surface area (TPSA) is 55.9 Å². The maximum atomic E-state index is 6.29. The van der Waals surface area contributed by atoms with Crippen LogP contribution in [0.25, 0.3) is 0 Å². The predicted molar refractivity (Wildman–Crippen MR) is 85.6 cm³/mol. The van der Waals surface area contributed by atoms with Gasteiger partial charge in [-0.3, -0.25) is 16.0 Å². The number of hydrazine groups is 1. The molecule has 1 unspecified atom stereocenters. The van der Waals surface area contributed by atoms with E-state index in [0.29, 0.717) is 11.6 Å². The molecule has 0 aliphatic rings. The summed E-state index contributed by atoms with van der Waals surface area (Å²) in [6.07, 6.45) is 0.691. The summed E-state index contributed by atoms with van der Waals surface area (Å²) in [6.45, 7) is 4.01. The summed E-state index contributed by atoms with van der Waals surface area (Å²) in [7, 11) is 1.84. The Hall–Kier alpha value is -0.880. The molecule has 1 atom stereocenters. The molecular weight excluding hydrogens is 340 g/mol. The minimum absolute atomic E-state index is 0.0228. The first-order chi connectivity index (χ1) is 9.43. The largest absolute Gasteiger partial charge is 0.271 e. The van der Waals surface area contributed by atoms with Gasteiger partial charge in [-0.1, -0.05) is 39.7 Å². The van der Waals surface area contributed by atoms with Crippen LogP contribution in [-0.2, 0) is 13.5 Å². The Kier molecular flexibility index (Phi) is 4.86. The van der Waals surface area contributed by atoms with E-state index in [4.69, 9.17) is 17.4 Å². The molecule has 0 spiro atoms. The highest BCUT2D eigenvalue weighted by Gasteiger charge is 2.19. The fourth-order valence-electron chi connectivity index (χ4n) is 2.28. The van der Waals surface area contributed by atoms with Crippen molar-refractivity contribution >= 4 is 27.5 Å². The molecule has 1 aromatic carbocycles. The monoisotopic (exact) mass is 356 g/mol. The second-order valence-corrected chi connectivity index (χ2v) is 6.14. The number of hydrogen-bond acceptors (Lipinski definition) is 3. The molecular formula is C14H18BrClN4. The Labute approximate surface area is 132 Å². The van der Waals surface area contributed by atoms with E-state index in [9.17, 15) is 0 Å². The van der Waals surface area contributed by atoms with Gasteiger partial charge in [0.1, 0.15) is 5.15 Å². The van der Waals surface area contributed by atoms with Gasteiger partial charge in [0.25, 0.3) is 0 Å². The van der Waals surface area contributed by atoms with E-state index in [1.807, 2.05) is 14.0 Å². The maximum absolute atomic E-state index is 6.29. The zero-order valence-electron chi connectivity index (χ0n) is 11.7. The van der Waals surface area contributed by atoms with Crippen molar-refractivity contribution in [1.29, 1.82) is 0 Å². The molecule has 108 valence electrons. The van der Waals surface area contributed by atoms with E-state index < -0.39 is 0 Å². The lowest BCUT2D eigenvalue weighted by Crippen LogP contribution is -2.30. The Morgan fingerprint density at radius 1 is 1.45 bits per heavy atom. The standard InChI is InChI=1S/C14H18BrClN4/c1-8-4-5-10(12(15)6-8)13(18-17)7-11-9(2)19-20(3)14(11)16/h4-6,13,18H,7,17H2,1-3H3. The van der Waals surface area contributed by atoms with Gasteiger partial charge < -0.3 is 0 Å². The predicted octanol–water partition coefficient (Wildman–Crippen LogP) is 3.20. The summed E-state index contributed by atoms with van der Waals surface area (Å²) in [5.41, 5.74) is 7.12. The van der Waals surface area contributed by atoms with Crippen LogP contribution in [0.1, 0.15) is 28.4 Å². The number of nitrogens with two attached hydrogens (primary N) is 1. The summed E-state index contributed by atoms with van der Waals surface area (Å²) in [5.74, 6) is 5.73. The molecule has 6 heteroatoms. The van der Waals surface area contributed by atoms with Gasteiger partial charge in [-0.15, -0.1) is 0 Å². The van der Waals surface area contributed by atoms with Gasteiger partial charge in [-0.05, 0) is 37.5 Å². The van der Waals surface area contributed by atoms with Crippen molar-refractivity contribution in [3.63, 3.8) is 0 Å². The quantitative estimate of drug-likeness (QED) is 0.652. The number of nitrogens with one attached hydrogen (secondary N) is 1. The zero-order chi connectivity index (χ0) is 14.9. The summed E-state index contributed by atoms with van der Waals surface area (Å²) < 4.78 is 2.72. The van der Waals surface area contributed by atoms with Crippen LogP contribution in [0.15, 0.2) is 22.7 Å². The van der Waals surface area contributed by atoms with Gasteiger partial charge >= 0.3 is 0 Å². The molecule has 0 amide bonds. The molecule has 0 saturated carbocycles. The molecule has 0 radical (unpaired) electrons. The normalized spacial score (nSPS) is 12.7. The van der Waals surface area contributed by atoms with Crippen molar-refractivity contribution < 1.29 is 0 Å². The minimum atomic E-state index is -0.0228. The molecule has 1 heterocycles. The maximum Gasteiger partial charge on any atom is 0.130 e. The highest BCUT2D eigenvalue weighted by molar-refractivity contribution is 9.10. The van der Waals surface area contributed by atoms with Crippen LogP contribution in [0.3, 0.4) is 0 Å². The molecule has 2 rings (SSSR count). The lowest BCUT2D eigenvalue weighted by molar-refractivity contribution is 0.549. The van der Waals surface area contributed by atoms with Crippen molar-refractivity contribution in [1.82, 2.24) is 15.2 Å². The third-order valence-corrected chi connectivity index (χ3v) is 4.57. The number of nitrogens with zero attached hydrogens (tertiary/aromatic N) is 2. The molecule has 20 heavy (non-hydrogen) atoms. The summed E-state index contributed by atoms with van der Waals surface area (Å²) in [6, 6.07) is 6.20. The van der Waals surface area contributed by atoms with E-state index >= 15 is 0 Å². The van der Waals surface area contributed by atoms with E-state index in [0.717, 1.165) is 21.3 Å². The van der Waals surface area contributed by atoms with Crippen LogP contribution < -0.4 is 11.3 Å². The fourth-order valence-corrected chi connectivity index (χ4v) is 3.30. The van der Waals surface area contributed by atoms with Crippen molar-refractivity contribution in [2.75, 3.05) is 0 Å².